The smallest absolute Gasteiger partial charge is 0.118 e. The molecule has 0 saturated heterocycles. The van der Waals surface area contributed by atoms with Gasteiger partial charge >= 0.3 is 0 Å². The highest BCUT2D eigenvalue weighted by molar-refractivity contribution is 5.60. The molecule has 0 aliphatic rings. The molecule has 2 nitrogen and oxygen atoms in total. The van der Waals surface area contributed by atoms with Crippen molar-refractivity contribution in [2.75, 3.05) is 7.11 Å². The Morgan fingerprint density at radius 2 is 1.41 bits per heavy atom. The summed E-state index contributed by atoms with van der Waals surface area (Å²) in [6.07, 6.45) is 0. The number of methoxy groups -OCH3 is 1. The fourth-order valence-corrected chi connectivity index (χ4v) is 2.88. The summed E-state index contributed by atoms with van der Waals surface area (Å²) in [6.45, 7) is 10.6. The van der Waals surface area contributed by atoms with E-state index >= 15 is 0 Å². The first-order valence-electron chi connectivity index (χ1n) is 7.51. The third-order valence-corrected chi connectivity index (χ3v) is 3.93. The molecular formula is C20H25NO. The average molecular weight is 295 g/mol. The molecule has 2 aromatic carbocycles. The predicted molar refractivity (Wildman–Crippen MR) is 94.0 cm³/mol. The number of hydrogen-bond acceptors (Lipinski definition) is 2. The van der Waals surface area contributed by atoms with Gasteiger partial charge in [0.1, 0.15) is 5.75 Å². The van der Waals surface area contributed by atoms with Gasteiger partial charge in [0.25, 0.3) is 0 Å². The van der Waals surface area contributed by atoms with Crippen LogP contribution in [0.2, 0.25) is 0 Å². The van der Waals surface area contributed by atoms with Crippen LogP contribution < -0.4 is 10.5 Å². The summed E-state index contributed by atoms with van der Waals surface area (Å²) in [6, 6.07) is 16.7. The van der Waals surface area contributed by atoms with Crippen molar-refractivity contribution in [2.24, 2.45) is 11.1 Å². The predicted octanol–water partition coefficient (Wildman–Crippen LogP) is 4.80. The Bertz CT molecular complexity index is 633. The SMILES string of the molecule is C=C(N)c1ccc(C(c2ccc(OC)cc2)C(C)(C)C)cc1. The lowest BCUT2D eigenvalue weighted by molar-refractivity contribution is 0.358. The van der Waals surface area contributed by atoms with Crippen molar-refractivity contribution in [3.05, 3.63) is 71.8 Å². The molecule has 0 heterocycles. The lowest BCUT2D eigenvalue weighted by Crippen LogP contribution is -2.19. The Kier molecular flexibility index (Phi) is 4.60. The van der Waals surface area contributed by atoms with E-state index in [0.717, 1.165) is 11.3 Å². The highest BCUT2D eigenvalue weighted by Gasteiger charge is 2.27. The van der Waals surface area contributed by atoms with E-state index in [4.69, 9.17) is 10.5 Å². The van der Waals surface area contributed by atoms with Gasteiger partial charge < -0.3 is 10.5 Å². The quantitative estimate of drug-likeness (QED) is 0.879. The van der Waals surface area contributed by atoms with Crippen LogP contribution in [0.5, 0.6) is 5.75 Å². The van der Waals surface area contributed by atoms with Crippen molar-refractivity contribution in [3.63, 3.8) is 0 Å². The normalized spacial score (nSPS) is 12.7. The Morgan fingerprint density at radius 3 is 1.77 bits per heavy atom. The molecule has 0 amide bonds. The summed E-state index contributed by atoms with van der Waals surface area (Å²) in [5, 5.41) is 0. The van der Waals surface area contributed by atoms with Crippen LogP contribution in [0, 0.1) is 5.41 Å². The Morgan fingerprint density at radius 1 is 0.955 bits per heavy atom. The second kappa shape index (κ2) is 6.27. The van der Waals surface area contributed by atoms with Crippen molar-refractivity contribution in [1.29, 1.82) is 0 Å². The standard InChI is InChI=1S/C20H25NO/c1-14(21)15-6-8-16(9-7-15)19(20(2,3)4)17-10-12-18(22-5)13-11-17/h6-13,19H,1,21H2,2-5H3. The number of ether oxygens (including phenoxy) is 1. The number of nitrogens with two attached hydrogens (primary N) is 1. The molecule has 116 valence electrons. The molecule has 2 N–H and O–H groups in total. The third kappa shape index (κ3) is 3.51. The summed E-state index contributed by atoms with van der Waals surface area (Å²) in [5.74, 6) is 1.18. The zero-order valence-corrected chi connectivity index (χ0v) is 13.9. The zero-order valence-electron chi connectivity index (χ0n) is 13.9. The lowest BCUT2D eigenvalue weighted by atomic mass is 9.72. The van der Waals surface area contributed by atoms with Gasteiger partial charge in [-0.15, -0.1) is 0 Å². The van der Waals surface area contributed by atoms with E-state index in [1.807, 2.05) is 24.3 Å². The van der Waals surface area contributed by atoms with Gasteiger partial charge in [0.05, 0.1) is 7.11 Å². The van der Waals surface area contributed by atoms with Gasteiger partial charge in [-0.25, -0.2) is 0 Å². The first-order valence-corrected chi connectivity index (χ1v) is 7.51. The first kappa shape index (κ1) is 16.2. The van der Waals surface area contributed by atoms with Gasteiger partial charge in [0.15, 0.2) is 0 Å². The largest absolute Gasteiger partial charge is 0.497 e. The highest BCUT2D eigenvalue weighted by Crippen LogP contribution is 2.41. The van der Waals surface area contributed by atoms with E-state index in [1.54, 1.807) is 7.11 Å². The fourth-order valence-electron chi connectivity index (χ4n) is 2.88. The van der Waals surface area contributed by atoms with Crippen molar-refractivity contribution in [2.45, 2.75) is 26.7 Å². The zero-order chi connectivity index (χ0) is 16.3. The first-order chi connectivity index (χ1) is 10.3. The van der Waals surface area contributed by atoms with E-state index in [1.165, 1.54) is 11.1 Å². The highest BCUT2D eigenvalue weighted by atomic mass is 16.5. The molecule has 0 bridgehead atoms. The van der Waals surface area contributed by atoms with E-state index < -0.39 is 0 Å². The molecular weight excluding hydrogens is 270 g/mol. The number of hydrogen-bond donors (Lipinski definition) is 1. The topological polar surface area (TPSA) is 35.2 Å². The molecule has 0 saturated carbocycles. The van der Waals surface area contributed by atoms with Gasteiger partial charge in [-0.3, -0.25) is 0 Å². The second-order valence-electron chi connectivity index (χ2n) is 6.72. The van der Waals surface area contributed by atoms with Crippen LogP contribution in [0.4, 0.5) is 0 Å². The maximum atomic E-state index is 5.76. The molecule has 0 aromatic heterocycles. The minimum Gasteiger partial charge on any atom is -0.497 e. The number of benzene rings is 2. The summed E-state index contributed by atoms with van der Waals surface area (Å²) in [4.78, 5) is 0. The van der Waals surface area contributed by atoms with Gasteiger partial charge in [-0.05, 0) is 34.2 Å². The monoisotopic (exact) mass is 295 g/mol. The molecule has 2 rings (SSSR count). The molecule has 22 heavy (non-hydrogen) atoms. The van der Waals surface area contributed by atoms with Gasteiger partial charge in [0.2, 0.25) is 0 Å². The lowest BCUT2D eigenvalue weighted by Gasteiger charge is -2.32. The van der Waals surface area contributed by atoms with Gasteiger partial charge in [-0.1, -0.05) is 63.7 Å². The molecule has 0 fully saturated rings. The van der Waals surface area contributed by atoms with Crippen LogP contribution in [0.3, 0.4) is 0 Å². The maximum Gasteiger partial charge on any atom is 0.118 e. The molecule has 0 spiro atoms. The summed E-state index contributed by atoms with van der Waals surface area (Å²) in [7, 11) is 1.69. The van der Waals surface area contributed by atoms with Crippen LogP contribution >= 0.6 is 0 Å². The molecule has 1 unspecified atom stereocenters. The van der Waals surface area contributed by atoms with E-state index in [2.05, 4.69) is 51.6 Å². The molecule has 2 heteroatoms. The van der Waals surface area contributed by atoms with Crippen LogP contribution in [0.15, 0.2) is 55.1 Å². The van der Waals surface area contributed by atoms with Gasteiger partial charge in [-0.2, -0.15) is 0 Å². The molecule has 2 aromatic rings. The van der Waals surface area contributed by atoms with Crippen molar-refractivity contribution < 1.29 is 4.74 Å². The Balaban J connectivity index is 2.43. The molecule has 0 radical (unpaired) electrons. The summed E-state index contributed by atoms with van der Waals surface area (Å²) in [5.41, 5.74) is 10.0. The van der Waals surface area contributed by atoms with Gasteiger partial charge in [0, 0.05) is 11.6 Å². The molecule has 0 aliphatic carbocycles. The van der Waals surface area contributed by atoms with E-state index in [0.29, 0.717) is 11.6 Å². The second-order valence-corrected chi connectivity index (χ2v) is 6.72. The van der Waals surface area contributed by atoms with Crippen LogP contribution in [-0.4, -0.2) is 7.11 Å². The van der Waals surface area contributed by atoms with E-state index in [-0.39, 0.29) is 5.41 Å². The molecule has 0 aliphatic heterocycles. The van der Waals surface area contributed by atoms with Crippen molar-refractivity contribution in [1.82, 2.24) is 0 Å². The average Bonchev–Trinajstić information content (AvgIpc) is 2.47. The third-order valence-electron chi connectivity index (χ3n) is 3.93. The number of rotatable bonds is 4. The Labute approximate surface area is 133 Å². The van der Waals surface area contributed by atoms with Crippen LogP contribution in [0.1, 0.15) is 43.4 Å². The summed E-state index contributed by atoms with van der Waals surface area (Å²) >= 11 is 0. The maximum absolute atomic E-state index is 5.76. The Hall–Kier alpha value is -2.22. The fraction of sp³-hybridized carbons (Fsp3) is 0.300. The summed E-state index contributed by atoms with van der Waals surface area (Å²) < 4.78 is 5.26. The molecule has 1 atom stereocenters. The minimum absolute atomic E-state index is 0.107. The van der Waals surface area contributed by atoms with Crippen molar-refractivity contribution in [3.8, 4) is 5.75 Å². The van der Waals surface area contributed by atoms with E-state index in [9.17, 15) is 0 Å². The minimum atomic E-state index is 0.107. The van der Waals surface area contributed by atoms with Crippen LogP contribution in [-0.2, 0) is 0 Å². The van der Waals surface area contributed by atoms with Crippen LogP contribution in [0.25, 0.3) is 5.70 Å². The van der Waals surface area contributed by atoms with Crippen molar-refractivity contribution >= 4 is 5.70 Å².